The zero-order chi connectivity index (χ0) is 13.6. The Kier molecular flexibility index (Phi) is 3.87. The molecule has 2 rings (SSSR count). The molecule has 0 aromatic heterocycles. The molecule has 0 aromatic rings. The molecule has 0 aromatic carbocycles. The van der Waals surface area contributed by atoms with Crippen molar-refractivity contribution < 1.29 is 0 Å². The fraction of sp³-hybridized carbons (Fsp3) is 1.00. The standard InChI is InChI=1S/C18H34/c1-7-13(3)9-14(4)17(6,8-2)11-16-12-18(16)10-15(18)5/h13-16H,7-12H2,1-6H3. The second-order valence-corrected chi connectivity index (χ2v) is 8.10. The average molecular weight is 250 g/mol. The van der Waals surface area contributed by atoms with E-state index >= 15 is 0 Å². The molecule has 106 valence electrons. The third kappa shape index (κ3) is 2.49. The zero-order valence-electron chi connectivity index (χ0n) is 13.6. The van der Waals surface area contributed by atoms with Gasteiger partial charge in [-0.3, -0.25) is 0 Å². The third-order valence-electron chi connectivity index (χ3n) is 6.95. The predicted octanol–water partition coefficient (Wildman–Crippen LogP) is 5.91. The van der Waals surface area contributed by atoms with E-state index in [1.165, 1.54) is 32.1 Å². The minimum atomic E-state index is 0.597. The van der Waals surface area contributed by atoms with E-state index in [1.807, 2.05) is 0 Å². The molecule has 0 amide bonds. The monoisotopic (exact) mass is 250 g/mol. The molecule has 0 nitrogen and oxygen atoms in total. The van der Waals surface area contributed by atoms with Crippen LogP contribution in [0.5, 0.6) is 0 Å². The summed E-state index contributed by atoms with van der Waals surface area (Å²) >= 11 is 0. The maximum absolute atomic E-state index is 2.57. The quantitative estimate of drug-likeness (QED) is 0.527. The minimum absolute atomic E-state index is 0.597. The molecule has 18 heavy (non-hydrogen) atoms. The first-order chi connectivity index (χ1) is 8.38. The Morgan fingerprint density at radius 3 is 2.22 bits per heavy atom. The molecule has 0 aliphatic heterocycles. The highest BCUT2D eigenvalue weighted by Gasteiger charge is 2.68. The van der Waals surface area contributed by atoms with Crippen LogP contribution < -0.4 is 0 Å². The summed E-state index contributed by atoms with van der Waals surface area (Å²) in [5.41, 5.74) is 1.45. The molecule has 6 unspecified atom stereocenters. The highest BCUT2D eigenvalue weighted by Crippen LogP contribution is 2.76. The molecule has 0 heteroatoms. The fourth-order valence-electron chi connectivity index (χ4n) is 4.35. The van der Waals surface area contributed by atoms with Crippen LogP contribution in [0.25, 0.3) is 0 Å². The first-order valence-corrected chi connectivity index (χ1v) is 8.38. The van der Waals surface area contributed by atoms with Gasteiger partial charge in [-0.2, -0.15) is 0 Å². The van der Waals surface area contributed by atoms with Gasteiger partial charge in [0.25, 0.3) is 0 Å². The lowest BCUT2D eigenvalue weighted by atomic mass is 9.69. The van der Waals surface area contributed by atoms with Gasteiger partial charge < -0.3 is 0 Å². The fourth-order valence-corrected chi connectivity index (χ4v) is 4.35. The highest BCUT2D eigenvalue weighted by atomic mass is 14.7. The maximum atomic E-state index is 2.57. The first kappa shape index (κ1) is 14.4. The molecule has 0 N–H and O–H groups in total. The van der Waals surface area contributed by atoms with Crippen molar-refractivity contribution >= 4 is 0 Å². The van der Waals surface area contributed by atoms with Gasteiger partial charge in [0, 0.05) is 0 Å². The number of hydrogen-bond acceptors (Lipinski definition) is 0. The Balaban J connectivity index is 1.89. The van der Waals surface area contributed by atoms with Crippen molar-refractivity contribution in [2.24, 2.45) is 34.5 Å². The second-order valence-electron chi connectivity index (χ2n) is 8.10. The Bertz CT molecular complexity index is 294. The number of rotatable bonds is 7. The Labute approximate surface area is 115 Å². The lowest BCUT2D eigenvalue weighted by molar-refractivity contribution is 0.135. The molecule has 2 aliphatic rings. The van der Waals surface area contributed by atoms with Crippen LogP contribution in [0, 0.1) is 34.5 Å². The molecular weight excluding hydrogens is 216 g/mol. The van der Waals surface area contributed by atoms with Gasteiger partial charge in [-0.15, -0.1) is 0 Å². The second kappa shape index (κ2) is 4.84. The molecule has 2 fully saturated rings. The smallest absolute Gasteiger partial charge is 0.0237 e. The summed E-state index contributed by atoms with van der Waals surface area (Å²) in [6.07, 6.45) is 8.73. The highest BCUT2D eigenvalue weighted by molar-refractivity contribution is 5.17. The van der Waals surface area contributed by atoms with E-state index in [-0.39, 0.29) is 0 Å². The minimum Gasteiger partial charge on any atom is -0.0651 e. The SMILES string of the molecule is CCC(C)CC(C)C(C)(CC)CC1CC12CC2C. The lowest BCUT2D eigenvalue weighted by Gasteiger charge is -2.37. The van der Waals surface area contributed by atoms with Crippen molar-refractivity contribution in [3.8, 4) is 0 Å². The average Bonchev–Trinajstić information content (AvgIpc) is 3.19. The van der Waals surface area contributed by atoms with Crippen molar-refractivity contribution in [1.29, 1.82) is 0 Å². The molecule has 1 spiro atoms. The molecule has 2 saturated carbocycles. The van der Waals surface area contributed by atoms with E-state index in [0.29, 0.717) is 5.41 Å². The van der Waals surface area contributed by atoms with Crippen LogP contribution in [0.15, 0.2) is 0 Å². The van der Waals surface area contributed by atoms with Crippen LogP contribution >= 0.6 is 0 Å². The van der Waals surface area contributed by atoms with Gasteiger partial charge in [0.2, 0.25) is 0 Å². The van der Waals surface area contributed by atoms with Crippen molar-refractivity contribution in [3.63, 3.8) is 0 Å². The Morgan fingerprint density at radius 2 is 1.83 bits per heavy atom. The zero-order valence-corrected chi connectivity index (χ0v) is 13.6. The van der Waals surface area contributed by atoms with Crippen LogP contribution in [0.3, 0.4) is 0 Å². The van der Waals surface area contributed by atoms with Crippen LogP contribution in [0.2, 0.25) is 0 Å². The molecule has 0 radical (unpaired) electrons. The van der Waals surface area contributed by atoms with Crippen LogP contribution in [-0.2, 0) is 0 Å². The summed E-state index contributed by atoms with van der Waals surface area (Å²) in [5.74, 6) is 3.92. The van der Waals surface area contributed by atoms with E-state index < -0.39 is 0 Å². The molecule has 0 saturated heterocycles. The Morgan fingerprint density at radius 1 is 1.22 bits per heavy atom. The molecular formula is C18H34. The van der Waals surface area contributed by atoms with Crippen LogP contribution in [0.1, 0.15) is 80.1 Å². The third-order valence-corrected chi connectivity index (χ3v) is 6.95. The van der Waals surface area contributed by atoms with E-state index in [2.05, 4.69) is 41.5 Å². The topological polar surface area (TPSA) is 0 Å². The van der Waals surface area contributed by atoms with Crippen molar-refractivity contribution in [2.75, 3.05) is 0 Å². The first-order valence-electron chi connectivity index (χ1n) is 8.38. The summed E-state index contributed by atoms with van der Waals surface area (Å²) in [6, 6.07) is 0. The summed E-state index contributed by atoms with van der Waals surface area (Å²) < 4.78 is 0. The van der Waals surface area contributed by atoms with Crippen LogP contribution in [-0.4, -0.2) is 0 Å². The summed E-state index contributed by atoms with van der Waals surface area (Å²) in [5, 5.41) is 0. The van der Waals surface area contributed by atoms with Crippen molar-refractivity contribution in [1.82, 2.24) is 0 Å². The van der Waals surface area contributed by atoms with E-state index in [4.69, 9.17) is 0 Å². The summed E-state index contributed by atoms with van der Waals surface area (Å²) in [6.45, 7) is 14.7. The van der Waals surface area contributed by atoms with Gasteiger partial charge in [-0.05, 0) is 60.2 Å². The van der Waals surface area contributed by atoms with Crippen molar-refractivity contribution in [2.45, 2.75) is 80.1 Å². The van der Waals surface area contributed by atoms with Gasteiger partial charge >= 0.3 is 0 Å². The molecule has 2 aliphatic carbocycles. The van der Waals surface area contributed by atoms with Gasteiger partial charge in [0.1, 0.15) is 0 Å². The normalized spacial score (nSPS) is 40.3. The largest absolute Gasteiger partial charge is 0.0651 e. The van der Waals surface area contributed by atoms with Gasteiger partial charge in [-0.1, -0.05) is 54.4 Å². The van der Waals surface area contributed by atoms with Crippen LogP contribution in [0.4, 0.5) is 0 Å². The van der Waals surface area contributed by atoms with Gasteiger partial charge in [0.15, 0.2) is 0 Å². The van der Waals surface area contributed by atoms with Gasteiger partial charge in [0.05, 0.1) is 0 Å². The van der Waals surface area contributed by atoms with E-state index in [1.54, 1.807) is 6.42 Å². The molecule has 0 bridgehead atoms. The lowest BCUT2D eigenvalue weighted by Crippen LogP contribution is -2.27. The summed E-state index contributed by atoms with van der Waals surface area (Å²) in [7, 11) is 0. The van der Waals surface area contributed by atoms with E-state index in [0.717, 1.165) is 29.1 Å². The van der Waals surface area contributed by atoms with Gasteiger partial charge in [-0.25, -0.2) is 0 Å². The van der Waals surface area contributed by atoms with E-state index in [9.17, 15) is 0 Å². The predicted molar refractivity (Wildman–Crippen MR) is 80.6 cm³/mol. The molecule has 6 atom stereocenters. The number of hydrogen-bond donors (Lipinski definition) is 0. The van der Waals surface area contributed by atoms with Crippen molar-refractivity contribution in [3.05, 3.63) is 0 Å². The summed E-state index contributed by atoms with van der Waals surface area (Å²) in [4.78, 5) is 0. The Hall–Kier alpha value is 0. The maximum Gasteiger partial charge on any atom is -0.0237 e. The molecule has 0 heterocycles.